The lowest BCUT2D eigenvalue weighted by Crippen LogP contribution is -2.23. The van der Waals surface area contributed by atoms with Crippen LogP contribution in [0.5, 0.6) is 0 Å². The maximum Gasteiger partial charge on any atom is 0.0988 e. The molecule has 0 spiro atoms. The third-order valence-corrected chi connectivity index (χ3v) is 5.10. The van der Waals surface area contributed by atoms with E-state index < -0.39 is 0 Å². The van der Waals surface area contributed by atoms with Gasteiger partial charge in [-0.2, -0.15) is 5.26 Å². The zero-order valence-electron chi connectivity index (χ0n) is 20.8. The van der Waals surface area contributed by atoms with Crippen LogP contribution in [-0.2, 0) is 6.42 Å². The molecule has 0 atom stereocenters. The third kappa shape index (κ3) is 7.46. The van der Waals surface area contributed by atoms with Crippen molar-refractivity contribution in [2.75, 3.05) is 12.4 Å². The Labute approximate surface area is 204 Å². The number of aryl methyl sites for hydroxylation is 1. The van der Waals surface area contributed by atoms with Crippen molar-refractivity contribution in [1.82, 2.24) is 0 Å². The molecule has 0 saturated heterocycles. The van der Waals surface area contributed by atoms with Gasteiger partial charge in [0, 0.05) is 41.6 Å². The quantitative estimate of drug-likeness (QED) is 0.389. The van der Waals surface area contributed by atoms with E-state index in [1.54, 1.807) is 7.05 Å². The van der Waals surface area contributed by atoms with Crippen molar-refractivity contribution in [2.45, 2.75) is 33.6 Å². The molecule has 0 unspecified atom stereocenters. The molecule has 1 heterocycles. The average Bonchev–Trinajstić information content (AvgIpc) is 2.86. The van der Waals surface area contributed by atoms with Crippen LogP contribution in [-0.4, -0.2) is 19.5 Å². The summed E-state index contributed by atoms with van der Waals surface area (Å²) in [5.41, 5.74) is 15.7. The Kier molecular flexibility index (Phi) is 11.0. The number of nitrogens with two attached hydrogens (primary N) is 1. The molecule has 1 aliphatic carbocycles. The fourth-order valence-corrected chi connectivity index (χ4v) is 3.01. The largest absolute Gasteiger partial charge is 0.397 e. The highest BCUT2D eigenvalue weighted by Crippen LogP contribution is 2.34. The first kappa shape index (κ1) is 27.9. The smallest absolute Gasteiger partial charge is 0.0988 e. The minimum absolute atomic E-state index is 0.503. The Morgan fingerprint density at radius 3 is 2.44 bits per heavy atom. The number of hydrogen-bond donors (Lipinski definition) is 2. The number of hydrogen-bond acceptors (Lipinski definition) is 5. The summed E-state index contributed by atoms with van der Waals surface area (Å²) in [6, 6.07) is 10.3. The van der Waals surface area contributed by atoms with E-state index in [-0.39, 0.29) is 0 Å². The summed E-state index contributed by atoms with van der Waals surface area (Å²) in [4.78, 5) is 7.67. The second kappa shape index (κ2) is 13.4. The molecule has 176 valence electrons. The third-order valence-electron chi connectivity index (χ3n) is 5.10. The van der Waals surface area contributed by atoms with Crippen LogP contribution >= 0.6 is 0 Å². The molecule has 1 aliphatic heterocycles. The minimum Gasteiger partial charge on any atom is -0.397 e. The molecular formula is C29H35N5. The molecule has 5 heteroatoms. The van der Waals surface area contributed by atoms with Crippen molar-refractivity contribution in [3.63, 3.8) is 0 Å². The van der Waals surface area contributed by atoms with Crippen LogP contribution in [0.3, 0.4) is 0 Å². The summed E-state index contributed by atoms with van der Waals surface area (Å²) in [5, 5.41) is 12.1. The fraction of sp³-hybridized carbons (Fsp3) is 0.207. The Morgan fingerprint density at radius 2 is 1.94 bits per heavy atom. The Morgan fingerprint density at radius 1 is 1.29 bits per heavy atom. The molecule has 0 bridgehead atoms. The number of benzene rings is 1. The number of dihydropyridines is 1. The van der Waals surface area contributed by atoms with Crippen LogP contribution in [0.25, 0.3) is 0 Å². The van der Waals surface area contributed by atoms with Crippen molar-refractivity contribution < 1.29 is 0 Å². The zero-order chi connectivity index (χ0) is 25.8. The van der Waals surface area contributed by atoms with Crippen molar-refractivity contribution in [1.29, 1.82) is 5.26 Å². The summed E-state index contributed by atoms with van der Waals surface area (Å²) in [7, 11) is 1.64. The van der Waals surface area contributed by atoms with E-state index in [2.05, 4.69) is 73.5 Å². The maximum absolute atomic E-state index is 8.80. The summed E-state index contributed by atoms with van der Waals surface area (Å²) < 4.78 is 0. The predicted molar refractivity (Wildman–Crippen MR) is 148 cm³/mol. The number of nitriles is 1. The normalized spacial score (nSPS) is 15.3. The number of allylic oxidation sites excluding steroid dienone is 7. The first-order valence-corrected chi connectivity index (χ1v) is 10.9. The van der Waals surface area contributed by atoms with Gasteiger partial charge >= 0.3 is 0 Å². The number of anilines is 1. The van der Waals surface area contributed by atoms with Gasteiger partial charge in [0.25, 0.3) is 0 Å². The van der Waals surface area contributed by atoms with Crippen molar-refractivity contribution >= 4 is 18.1 Å². The lowest BCUT2D eigenvalue weighted by molar-refractivity contribution is 1.07. The van der Waals surface area contributed by atoms with E-state index in [0.29, 0.717) is 17.7 Å². The molecule has 3 rings (SSSR count). The van der Waals surface area contributed by atoms with Crippen LogP contribution < -0.4 is 11.1 Å². The minimum atomic E-state index is 0.503. The van der Waals surface area contributed by atoms with E-state index in [1.807, 2.05) is 38.1 Å². The van der Waals surface area contributed by atoms with Gasteiger partial charge in [-0.15, -0.1) is 0 Å². The molecule has 5 nitrogen and oxygen atoms in total. The lowest BCUT2D eigenvalue weighted by Gasteiger charge is -2.27. The summed E-state index contributed by atoms with van der Waals surface area (Å²) in [6.45, 7) is 24.4. The molecule has 0 amide bonds. The first-order chi connectivity index (χ1) is 16.1. The topological polar surface area (TPSA) is 86.6 Å². The summed E-state index contributed by atoms with van der Waals surface area (Å²) >= 11 is 0. The second-order valence-electron chi connectivity index (χ2n) is 7.74. The highest BCUT2D eigenvalue weighted by atomic mass is 14.9. The highest BCUT2D eigenvalue weighted by molar-refractivity contribution is 6.09. The monoisotopic (exact) mass is 453 g/mol. The number of nitrogens with zero attached hydrogens (tertiary/aromatic N) is 3. The van der Waals surface area contributed by atoms with Crippen LogP contribution in [0.2, 0.25) is 0 Å². The number of nitrogens with one attached hydrogen (secondary N) is 1. The Balaban J connectivity index is 0.000000306. The number of aliphatic imine (C=N–C) groups is 2. The Hall–Kier alpha value is -4.17. The predicted octanol–water partition coefficient (Wildman–Crippen LogP) is 6.59. The van der Waals surface area contributed by atoms with Crippen molar-refractivity contribution in [2.24, 2.45) is 15.7 Å². The molecule has 2 aliphatic rings. The van der Waals surface area contributed by atoms with Crippen LogP contribution in [0, 0.1) is 11.3 Å². The van der Waals surface area contributed by atoms with E-state index in [0.717, 1.165) is 51.5 Å². The van der Waals surface area contributed by atoms with Crippen LogP contribution in [0.1, 0.15) is 32.8 Å². The van der Waals surface area contributed by atoms with Gasteiger partial charge in [0.15, 0.2) is 0 Å². The van der Waals surface area contributed by atoms with Crippen molar-refractivity contribution in [3.05, 3.63) is 113 Å². The van der Waals surface area contributed by atoms with Gasteiger partial charge in [0.05, 0.1) is 23.2 Å². The van der Waals surface area contributed by atoms with E-state index >= 15 is 0 Å². The fourth-order valence-electron chi connectivity index (χ4n) is 3.01. The van der Waals surface area contributed by atoms with E-state index in [9.17, 15) is 0 Å². The van der Waals surface area contributed by atoms with Gasteiger partial charge in [0.1, 0.15) is 0 Å². The molecule has 1 aromatic carbocycles. The molecule has 0 radical (unpaired) electrons. The number of rotatable bonds is 5. The summed E-state index contributed by atoms with van der Waals surface area (Å²) in [6.07, 6.45) is 5.54. The maximum atomic E-state index is 8.80. The van der Waals surface area contributed by atoms with Crippen molar-refractivity contribution in [3.8, 4) is 6.07 Å². The molecule has 3 N–H and O–H groups in total. The molecule has 0 aromatic heterocycles. The van der Waals surface area contributed by atoms with Crippen LogP contribution in [0.15, 0.2) is 118 Å². The second-order valence-corrected chi connectivity index (χ2v) is 7.74. The SMILES string of the molecule is C=C(C)C1=N/C(=C/C)CC(C(=C)C#N)=C1.C=C1C(=C)C(Nc2cccc(CC)c2)=C1N.C=NC. The van der Waals surface area contributed by atoms with E-state index in [4.69, 9.17) is 11.0 Å². The Bertz CT molecular complexity index is 1160. The molecular weight excluding hydrogens is 418 g/mol. The van der Waals surface area contributed by atoms with Gasteiger partial charge in [-0.1, -0.05) is 51.4 Å². The molecule has 1 aromatic rings. The van der Waals surface area contributed by atoms with E-state index in [1.165, 1.54) is 5.56 Å². The molecule has 34 heavy (non-hydrogen) atoms. The van der Waals surface area contributed by atoms with Crippen LogP contribution in [0.4, 0.5) is 5.69 Å². The van der Waals surface area contributed by atoms with Gasteiger partial charge < -0.3 is 16.0 Å². The standard InChI is InChI=1S/C14H16N2.C13H14N2.C2H5N/c1-4-11-6-5-7-12(8-11)16-14-10(3)9(2)13(14)15;1-5-12-6-11(10(4)8-14)7-13(15-12)9(2)3;1-3-2/h5-8,16H,2-4,15H2,1H3;5,7H,2,4,6H2,1,3H3;1H2,2H3/b;12-5+;. The molecule has 0 fully saturated rings. The van der Waals surface area contributed by atoms with Gasteiger partial charge in [-0.3, -0.25) is 4.99 Å². The van der Waals surface area contributed by atoms with Gasteiger partial charge in [-0.25, -0.2) is 0 Å². The average molecular weight is 454 g/mol. The highest BCUT2D eigenvalue weighted by Gasteiger charge is 2.23. The summed E-state index contributed by atoms with van der Waals surface area (Å²) in [5.74, 6) is 0. The lowest BCUT2D eigenvalue weighted by atomic mass is 9.90. The van der Waals surface area contributed by atoms with Gasteiger partial charge in [0.2, 0.25) is 0 Å². The first-order valence-electron chi connectivity index (χ1n) is 10.9. The zero-order valence-corrected chi connectivity index (χ0v) is 20.8. The van der Waals surface area contributed by atoms with Gasteiger partial charge in [-0.05, 0) is 61.9 Å². The molecule has 0 saturated carbocycles.